The summed E-state index contributed by atoms with van der Waals surface area (Å²) in [5.41, 5.74) is 13.3. The first kappa shape index (κ1) is 36.0. The topological polar surface area (TPSA) is 41.7 Å². The summed E-state index contributed by atoms with van der Waals surface area (Å²) in [6.07, 6.45) is -0.342. The molecule has 1 N–H and O–H groups in total. The Balaban J connectivity index is 1.14. The highest BCUT2D eigenvalue weighted by molar-refractivity contribution is 7.26. The molecule has 0 radical (unpaired) electrons. The molecule has 5 heteroatoms. The first-order valence-electron chi connectivity index (χ1n) is 21.0. The Bertz CT molecular complexity index is 3450. The molecule has 1 aliphatic rings. The molecule has 0 bridgehead atoms. The predicted molar refractivity (Wildman–Crippen MR) is 262 cm³/mol. The van der Waals surface area contributed by atoms with E-state index in [-0.39, 0.29) is 6.17 Å². The zero-order chi connectivity index (χ0) is 41.0. The fraction of sp³-hybridized carbons (Fsp3) is 0.0175. The summed E-state index contributed by atoms with van der Waals surface area (Å²) in [5, 5.41) is 8.82. The molecule has 0 amide bonds. The lowest BCUT2D eigenvalue weighted by atomic mass is 9.92. The fourth-order valence-corrected chi connectivity index (χ4v) is 10.4. The van der Waals surface area contributed by atoms with Crippen LogP contribution in [0.25, 0.3) is 81.0 Å². The third-order valence-corrected chi connectivity index (χ3v) is 13.3. The van der Waals surface area contributed by atoms with Crippen molar-refractivity contribution in [3.8, 4) is 39.1 Å². The molecule has 4 nitrogen and oxygen atoms in total. The normalized spacial score (nSPS) is 14.0. The van der Waals surface area contributed by atoms with Crippen LogP contribution in [0.15, 0.2) is 228 Å². The van der Waals surface area contributed by atoms with Gasteiger partial charge in [-0.25, -0.2) is 9.98 Å². The van der Waals surface area contributed by atoms with Crippen LogP contribution in [0.1, 0.15) is 22.9 Å². The number of para-hydroxylation sites is 1. The lowest BCUT2D eigenvalue weighted by Gasteiger charge is -2.26. The van der Waals surface area contributed by atoms with Crippen LogP contribution < -0.4 is 5.32 Å². The summed E-state index contributed by atoms with van der Waals surface area (Å²) in [6.45, 7) is 0. The van der Waals surface area contributed by atoms with Crippen molar-refractivity contribution in [2.75, 3.05) is 0 Å². The van der Waals surface area contributed by atoms with E-state index in [4.69, 9.17) is 9.98 Å². The lowest BCUT2D eigenvalue weighted by molar-refractivity contribution is 0.674. The minimum atomic E-state index is -0.342. The Labute approximate surface area is 363 Å². The second kappa shape index (κ2) is 15.0. The maximum Gasteiger partial charge on any atom is 0.159 e. The highest BCUT2D eigenvalue weighted by Crippen LogP contribution is 2.47. The maximum absolute atomic E-state index is 5.38. The van der Waals surface area contributed by atoms with E-state index >= 15 is 0 Å². The minimum Gasteiger partial charge on any atom is -0.344 e. The molecule has 3 heterocycles. The molecule has 1 atom stereocenters. The van der Waals surface area contributed by atoms with Crippen molar-refractivity contribution in [3.63, 3.8) is 0 Å². The van der Waals surface area contributed by atoms with Crippen molar-refractivity contribution in [3.05, 3.63) is 235 Å². The van der Waals surface area contributed by atoms with Crippen molar-refractivity contribution in [1.82, 2.24) is 9.88 Å². The smallest absolute Gasteiger partial charge is 0.159 e. The first-order chi connectivity index (χ1) is 30.7. The zero-order valence-corrected chi connectivity index (χ0v) is 34.4. The SMILES string of the molecule is c1ccc(-c2ccc(C3=NC(c4ccccc4)NC(c4cc(-c5ccccc5)c(-n5c6ccccc6c6ccc7c8ccccc8sc7c65)c(-c5ccccc5)c4)=N3)cc2)cc1. The molecule has 0 aliphatic carbocycles. The first-order valence-corrected chi connectivity index (χ1v) is 21.8. The highest BCUT2D eigenvalue weighted by atomic mass is 32.1. The van der Waals surface area contributed by atoms with Gasteiger partial charge in [0.1, 0.15) is 12.0 Å². The number of nitrogens with one attached hydrogen (secondary N) is 1. The fourth-order valence-electron chi connectivity index (χ4n) is 9.12. The van der Waals surface area contributed by atoms with E-state index in [2.05, 4.69) is 216 Å². The van der Waals surface area contributed by atoms with Gasteiger partial charge >= 0.3 is 0 Å². The van der Waals surface area contributed by atoms with Crippen LogP contribution in [-0.4, -0.2) is 16.2 Å². The predicted octanol–water partition coefficient (Wildman–Crippen LogP) is 14.6. The van der Waals surface area contributed by atoms with Crippen molar-refractivity contribution in [2.24, 2.45) is 9.98 Å². The zero-order valence-electron chi connectivity index (χ0n) is 33.6. The van der Waals surface area contributed by atoms with Gasteiger partial charge < -0.3 is 9.88 Å². The molecule has 9 aromatic carbocycles. The van der Waals surface area contributed by atoms with Gasteiger partial charge in [0.2, 0.25) is 0 Å². The number of hydrogen-bond donors (Lipinski definition) is 1. The summed E-state index contributed by atoms with van der Waals surface area (Å²) in [5.74, 6) is 1.46. The van der Waals surface area contributed by atoms with Gasteiger partial charge in [-0.1, -0.05) is 194 Å². The van der Waals surface area contributed by atoms with E-state index in [0.29, 0.717) is 5.84 Å². The second-order valence-electron chi connectivity index (χ2n) is 15.8. The molecule has 11 aromatic rings. The third kappa shape index (κ3) is 6.13. The van der Waals surface area contributed by atoms with Crippen LogP contribution in [0.3, 0.4) is 0 Å². The van der Waals surface area contributed by atoms with Crippen molar-refractivity contribution in [2.45, 2.75) is 6.17 Å². The number of benzene rings is 9. The van der Waals surface area contributed by atoms with E-state index in [0.717, 1.165) is 56.0 Å². The number of hydrogen-bond acceptors (Lipinski definition) is 4. The van der Waals surface area contributed by atoms with Gasteiger partial charge in [-0.05, 0) is 52.1 Å². The molecule has 1 aliphatic heterocycles. The largest absolute Gasteiger partial charge is 0.344 e. The van der Waals surface area contributed by atoms with Gasteiger partial charge in [0.05, 0.1) is 21.4 Å². The minimum absolute atomic E-state index is 0.342. The molecule has 62 heavy (non-hydrogen) atoms. The van der Waals surface area contributed by atoms with Crippen LogP contribution in [-0.2, 0) is 0 Å². The Hall–Kier alpha value is -7.86. The van der Waals surface area contributed by atoms with Gasteiger partial charge in [-0.2, -0.15) is 0 Å². The molecule has 0 saturated carbocycles. The molecular formula is C57H38N4S. The molecule has 0 saturated heterocycles. The Kier molecular flexibility index (Phi) is 8.72. The number of amidine groups is 2. The van der Waals surface area contributed by atoms with Crippen molar-refractivity contribution >= 4 is 65.0 Å². The van der Waals surface area contributed by atoms with Gasteiger partial charge in [0, 0.05) is 48.5 Å². The van der Waals surface area contributed by atoms with Gasteiger partial charge in [-0.15, -0.1) is 11.3 Å². The summed E-state index contributed by atoms with van der Waals surface area (Å²) in [4.78, 5) is 10.6. The van der Waals surface area contributed by atoms with E-state index in [9.17, 15) is 0 Å². The molecule has 0 spiro atoms. The second-order valence-corrected chi connectivity index (χ2v) is 16.8. The Morgan fingerprint density at radius 2 is 0.968 bits per heavy atom. The van der Waals surface area contributed by atoms with Crippen LogP contribution in [0.5, 0.6) is 0 Å². The Morgan fingerprint density at radius 3 is 1.65 bits per heavy atom. The van der Waals surface area contributed by atoms with Crippen molar-refractivity contribution in [1.29, 1.82) is 0 Å². The van der Waals surface area contributed by atoms with Crippen LogP contribution in [0.2, 0.25) is 0 Å². The monoisotopic (exact) mass is 810 g/mol. The summed E-state index contributed by atoms with van der Waals surface area (Å²) < 4.78 is 5.11. The number of aliphatic imine (C=N–C) groups is 2. The number of aromatic nitrogens is 1. The van der Waals surface area contributed by atoms with Gasteiger partial charge in [0.25, 0.3) is 0 Å². The number of thiophene rings is 1. The molecule has 2 aromatic heterocycles. The van der Waals surface area contributed by atoms with E-state index in [1.165, 1.54) is 47.5 Å². The molecule has 292 valence electrons. The van der Waals surface area contributed by atoms with Gasteiger partial charge in [0.15, 0.2) is 5.84 Å². The molecular weight excluding hydrogens is 773 g/mol. The number of fused-ring (bicyclic) bond motifs is 7. The van der Waals surface area contributed by atoms with E-state index in [1.54, 1.807) is 0 Å². The lowest BCUT2D eigenvalue weighted by Crippen LogP contribution is -2.33. The van der Waals surface area contributed by atoms with E-state index < -0.39 is 0 Å². The van der Waals surface area contributed by atoms with Crippen molar-refractivity contribution < 1.29 is 0 Å². The Morgan fingerprint density at radius 1 is 0.435 bits per heavy atom. The summed E-state index contributed by atoms with van der Waals surface area (Å²) in [6, 6.07) is 78.1. The number of rotatable bonds is 7. The molecule has 1 unspecified atom stereocenters. The standard InChI is InChI=1S/C57H38N4S/c1-5-17-37(18-6-1)38-29-31-42(32-30-38)56-58-55(41-23-11-4-12-24-41)59-57(60-56)43-35-48(39-19-7-2-8-20-39)52(49(36-43)40-21-9-3-10-22-40)61-50-27-15-13-25-44(50)46-33-34-47-45-26-14-16-28-51(45)62-54(47)53(46)61/h1-36,55H,(H,58,59,60). The maximum atomic E-state index is 5.38. The third-order valence-electron chi connectivity index (χ3n) is 12.1. The van der Waals surface area contributed by atoms with Gasteiger partial charge in [-0.3, -0.25) is 0 Å². The van der Waals surface area contributed by atoms with Crippen LogP contribution in [0.4, 0.5) is 0 Å². The van der Waals surface area contributed by atoms with Crippen LogP contribution >= 0.6 is 11.3 Å². The average molecular weight is 811 g/mol. The average Bonchev–Trinajstić information content (AvgIpc) is 3.91. The highest BCUT2D eigenvalue weighted by Gasteiger charge is 2.27. The van der Waals surface area contributed by atoms with E-state index in [1.807, 2.05) is 23.5 Å². The van der Waals surface area contributed by atoms with Crippen LogP contribution in [0, 0.1) is 0 Å². The molecule has 0 fully saturated rings. The summed E-state index contributed by atoms with van der Waals surface area (Å²) in [7, 11) is 0. The molecule has 12 rings (SSSR count). The number of nitrogens with zero attached hydrogens (tertiary/aromatic N) is 3. The summed E-state index contributed by atoms with van der Waals surface area (Å²) >= 11 is 1.88. The quantitative estimate of drug-likeness (QED) is 0.171.